The predicted molar refractivity (Wildman–Crippen MR) is 120 cm³/mol. The standard InChI is InChI=1S/C14H10FN3O.C5H11NOS.CH4S/c1-19-14-13-12(16-6-7-17-13)8-11(18-14)9-2-4-10(15)5-3-9;1-8-6-2-4-7-5-3-6;1-2/h2-8H,1H3;2-5H2,1H3;2H,1H3. The number of nitrogens with zero attached hydrogens (tertiary/aromatic N) is 4. The average Bonchev–Trinajstić information content (AvgIpc) is 2.81. The highest BCUT2D eigenvalue weighted by molar-refractivity contribution is 7.96. The van der Waals surface area contributed by atoms with Crippen LogP contribution >= 0.6 is 24.6 Å². The number of hydrogen-bond acceptors (Lipinski definition) is 8. The molecule has 156 valence electrons. The molecule has 0 atom stereocenters. The molecule has 0 aliphatic carbocycles. The molecular formula is C20H25FN4O2S2. The number of benzene rings is 1. The largest absolute Gasteiger partial charge is 0.479 e. The molecule has 0 saturated carbocycles. The van der Waals surface area contributed by atoms with Crippen LogP contribution in [0.15, 0.2) is 42.7 Å². The molecule has 3 heterocycles. The molecule has 0 radical (unpaired) electrons. The summed E-state index contributed by atoms with van der Waals surface area (Å²) in [5, 5.41) is 0. The van der Waals surface area contributed by atoms with E-state index in [1.54, 1.807) is 48.8 Å². The van der Waals surface area contributed by atoms with Gasteiger partial charge in [0, 0.05) is 31.0 Å². The highest BCUT2D eigenvalue weighted by Crippen LogP contribution is 2.26. The van der Waals surface area contributed by atoms with Gasteiger partial charge in [0.1, 0.15) is 5.82 Å². The van der Waals surface area contributed by atoms with Crippen molar-refractivity contribution in [2.45, 2.75) is 0 Å². The molecule has 1 saturated heterocycles. The molecule has 0 bridgehead atoms. The summed E-state index contributed by atoms with van der Waals surface area (Å²) < 4.78 is 25.6. The second-order valence-corrected chi connectivity index (χ2v) is 6.55. The maximum Gasteiger partial charge on any atom is 0.242 e. The summed E-state index contributed by atoms with van der Waals surface area (Å²) in [5.74, 6) is 0.126. The lowest BCUT2D eigenvalue weighted by Crippen LogP contribution is -2.30. The summed E-state index contributed by atoms with van der Waals surface area (Å²) in [4.78, 5) is 12.8. The summed E-state index contributed by atoms with van der Waals surface area (Å²) in [7, 11) is 1.53. The van der Waals surface area contributed by atoms with E-state index in [-0.39, 0.29) is 5.82 Å². The lowest BCUT2D eigenvalue weighted by atomic mass is 10.1. The van der Waals surface area contributed by atoms with Gasteiger partial charge in [0.05, 0.1) is 31.5 Å². The van der Waals surface area contributed by atoms with Gasteiger partial charge in [-0.1, -0.05) is 11.9 Å². The molecule has 3 aromatic rings. The minimum absolute atomic E-state index is 0.281. The summed E-state index contributed by atoms with van der Waals surface area (Å²) in [6.45, 7) is 3.98. The van der Waals surface area contributed by atoms with Crippen molar-refractivity contribution in [2.75, 3.05) is 45.9 Å². The first-order valence-electron chi connectivity index (χ1n) is 8.94. The lowest BCUT2D eigenvalue weighted by Gasteiger charge is -2.23. The van der Waals surface area contributed by atoms with E-state index in [9.17, 15) is 4.39 Å². The van der Waals surface area contributed by atoms with Crippen LogP contribution in [0.3, 0.4) is 0 Å². The van der Waals surface area contributed by atoms with Crippen molar-refractivity contribution >= 4 is 35.6 Å². The summed E-state index contributed by atoms with van der Waals surface area (Å²) in [6, 6.07) is 7.92. The molecule has 4 rings (SSSR count). The van der Waals surface area contributed by atoms with Crippen molar-refractivity contribution in [2.24, 2.45) is 0 Å². The number of thiol groups is 1. The third kappa shape index (κ3) is 6.81. The summed E-state index contributed by atoms with van der Waals surface area (Å²) >= 11 is 5.33. The van der Waals surface area contributed by atoms with Crippen LogP contribution in [-0.2, 0) is 4.74 Å². The van der Waals surface area contributed by atoms with Gasteiger partial charge in [-0.25, -0.2) is 18.7 Å². The van der Waals surface area contributed by atoms with Crippen LogP contribution in [0.5, 0.6) is 5.88 Å². The Labute approximate surface area is 180 Å². The Hall–Kier alpha value is -1.94. The number of aromatic nitrogens is 3. The molecule has 6 nitrogen and oxygen atoms in total. The summed E-state index contributed by atoms with van der Waals surface area (Å²) in [5.41, 5.74) is 2.77. The van der Waals surface area contributed by atoms with Gasteiger partial charge >= 0.3 is 0 Å². The number of hydrogen-bond donors (Lipinski definition) is 1. The van der Waals surface area contributed by atoms with E-state index in [0.717, 1.165) is 31.9 Å². The number of rotatable bonds is 3. The zero-order chi connectivity index (χ0) is 21.1. The Morgan fingerprint density at radius 2 is 1.76 bits per heavy atom. The molecule has 0 amide bonds. The first-order chi connectivity index (χ1) is 14.2. The van der Waals surface area contributed by atoms with Crippen LogP contribution in [-0.4, -0.2) is 65.2 Å². The molecule has 0 unspecified atom stereocenters. The molecule has 1 aliphatic rings. The van der Waals surface area contributed by atoms with Crippen LogP contribution in [0, 0.1) is 5.82 Å². The van der Waals surface area contributed by atoms with E-state index in [1.165, 1.54) is 19.2 Å². The van der Waals surface area contributed by atoms with E-state index in [2.05, 4.69) is 38.1 Å². The molecule has 1 aromatic carbocycles. The SMILES string of the molecule is COc1nc(-c2ccc(F)cc2)cc2nccnc12.CS.CSN1CCOCC1. The number of morpholine rings is 1. The van der Waals surface area contributed by atoms with Crippen molar-refractivity contribution in [1.29, 1.82) is 0 Å². The Kier molecular flexibility index (Phi) is 10.1. The van der Waals surface area contributed by atoms with Crippen molar-refractivity contribution in [3.05, 3.63) is 48.5 Å². The molecule has 0 N–H and O–H groups in total. The van der Waals surface area contributed by atoms with Crippen LogP contribution in [0.25, 0.3) is 22.3 Å². The van der Waals surface area contributed by atoms with E-state index in [4.69, 9.17) is 9.47 Å². The monoisotopic (exact) mass is 436 g/mol. The second-order valence-electron chi connectivity index (χ2n) is 5.67. The van der Waals surface area contributed by atoms with Gasteiger partial charge in [-0.3, -0.25) is 4.98 Å². The summed E-state index contributed by atoms with van der Waals surface area (Å²) in [6.07, 6.45) is 6.99. The fraction of sp³-hybridized carbons (Fsp3) is 0.350. The van der Waals surface area contributed by atoms with E-state index >= 15 is 0 Å². The molecular weight excluding hydrogens is 411 g/mol. The minimum Gasteiger partial charge on any atom is -0.479 e. The van der Waals surface area contributed by atoms with E-state index in [0.29, 0.717) is 22.6 Å². The van der Waals surface area contributed by atoms with Crippen molar-refractivity contribution in [1.82, 2.24) is 19.3 Å². The van der Waals surface area contributed by atoms with Gasteiger partial charge in [-0.2, -0.15) is 12.6 Å². The molecule has 9 heteroatoms. The number of methoxy groups -OCH3 is 1. The second kappa shape index (κ2) is 12.6. The van der Waals surface area contributed by atoms with Gasteiger partial charge in [-0.05, 0) is 42.8 Å². The zero-order valence-electron chi connectivity index (χ0n) is 16.7. The maximum atomic E-state index is 12.9. The van der Waals surface area contributed by atoms with Crippen LogP contribution < -0.4 is 4.74 Å². The van der Waals surface area contributed by atoms with E-state index in [1.807, 2.05) is 0 Å². The average molecular weight is 437 g/mol. The van der Waals surface area contributed by atoms with Crippen LogP contribution in [0.2, 0.25) is 0 Å². The topological polar surface area (TPSA) is 60.4 Å². The van der Waals surface area contributed by atoms with Gasteiger partial charge in [0.15, 0.2) is 5.52 Å². The number of fused-ring (bicyclic) bond motifs is 1. The predicted octanol–water partition coefficient (Wildman–Crippen LogP) is 3.98. The van der Waals surface area contributed by atoms with Gasteiger partial charge < -0.3 is 9.47 Å². The Morgan fingerprint density at radius 3 is 2.34 bits per heavy atom. The van der Waals surface area contributed by atoms with Crippen LogP contribution in [0.1, 0.15) is 0 Å². The zero-order valence-corrected chi connectivity index (χ0v) is 18.4. The Morgan fingerprint density at radius 1 is 1.10 bits per heavy atom. The molecule has 29 heavy (non-hydrogen) atoms. The smallest absolute Gasteiger partial charge is 0.242 e. The molecule has 0 spiro atoms. The van der Waals surface area contributed by atoms with Gasteiger partial charge in [0.2, 0.25) is 5.88 Å². The van der Waals surface area contributed by atoms with Crippen molar-refractivity contribution in [3.63, 3.8) is 0 Å². The van der Waals surface area contributed by atoms with Crippen molar-refractivity contribution in [3.8, 4) is 17.1 Å². The quantitative estimate of drug-likeness (QED) is 0.492. The Bertz CT molecular complexity index is 878. The van der Waals surface area contributed by atoms with Gasteiger partial charge in [-0.15, -0.1) is 0 Å². The third-order valence-electron chi connectivity index (χ3n) is 3.99. The van der Waals surface area contributed by atoms with Gasteiger partial charge in [0.25, 0.3) is 0 Å². The first kappa shape index (κ1) is 23.3. The number of halogens is 1. The first-order valence-corrected chi connectivity index (χ1v) is 11.0. The normalized spacial score (nSPS) is 13.7. The molecule has 1 aliphatic heterocycles. The maximum absolute atomic E-state index is 12.9. The minimum atomic E-state index is -0.281. The number of ether oxygens (including phenoxy) is 2. The highest BCUT2D eigenvalue weighted by atomic mass is 32.2. The van der Waals surface area contributed by atoms with Crippen molar-refractivity contribution < 1.29 is 13.9 Å². The fourth-order valence-corrected chi connectivity index (χ4v) is 3.10. The van der Waals surface area contributed by atoms with Crippen LogP contribution in [0.4, 0.5) is 4.39 Å². The highest BCUT2D eigenvalue weighted by Gasteiger charge is 2.10. The Balaban J connectivity index is 0.000000252. The number of pyridine rings is 1. The fourth-order valence-electron chi connectivity index (χ4n) is 2.58. The molecule has 1 fully saturated rings. The molecule has 2 aromatic heterocycles. The lowest BCUT2D eigenvalue weighted by molar-refractivity contribution is 0.0775. The van der Waals surface area contributed by atoms with E-state index < -0.39 is 0 Å². The third-order valence-corrected chi connectivity index (χ3v) is 4.87.